The van der Waals surface area contributed by atoms with E-state index < -0.39 is 0 Å². The molecule has 0 amide bonds. The number of alkyl halides is 1. The molecule has 0 saturated heterocycles. The Morgan fingerprint density at radius 1 is 1.17 bits per heavy atom. The van der Waals surface area contributed by atoms with Crippen molar-refractivity contribution in [3.63, 3.8) is 0 Å². The van der Waals surface area contributed by atoms with Crippen LogP contribution in [0.5, 0.6) is 0 Å². The van der Waals surface area contributed by atoms with Gasteiger partial charge in [-0.2, -0.15) is 0 Å². The third-order valence-corrected chi connectivity index (χ3v) is 3.01. The van der Waals surface area contributed by atoms with Gasteiger partial charge in [0.2, 0.25) is 0 Å². The van der Waals surface area contributed by atoms with Gasteiger partial charge in [0, 0.05) is 0 Å². The van der Waals surface area contributed by atoms with E-state index in [0.29, 0.717) is 12.0 Å². The van der Waals surface area contributed by atoms with Crippen LogP contribution in [-0.2, 0) is 4.74 Å². The molecule has 1 saturated carbocycles. The second-order valence-corrected chi connectivity index (χ2v) is 4.42. The Labute approximate surface area is 80.4 Å². The molecule has 0 aromatic carbocycles. The zero-order valence-electron chi connectivity index (χ0n) is 8.05. The maximum absolute atomic E-state index is 6.03. The smallest absolute Gasteiger partial charge is 0.133 e. The van der Waals surface area contributed by atoms with Crippen molar-refractivity contribution < 1.29 is 4.74 Å². The van der Waals surface area contributed by atoms with Crippen molar-refractivity contribution in [2.75, 3.05) is 0 Å². The molecule has 0 bridgehead atoms. The van der Waals surface area contributed by atoms with Crippen LogP contribution in [0, 0.1) is 5.92 Å². The molecule has 0 spiro atoms. The predicted molar refractivity (Wildman–Crippen MR) is 52.4 cm³/mol. The van der Waals surface area contributed by atoms with Gasteiger partial charge in [0.05, 0.1) is 6.10 Å². The predicted octanol–water partition coefficient (Wildman–Crippen LogP) is 3.56. The summed E-state index contributed by atoms with van der Waals surface area (Å²) in [6.07, 6.45) is 6.84. The molecular weight excluding hydrogens is 172 g/mol. The summed E-state index contributed by atoms with van der Waals surface area (Å²) in [4.78, 5) is 0. The first kappa shape index (κ1) is 10.3. The molecule has 1 aliphatic carbocycles. The number of halogens is 1. The Kier molecular flexibility index (Phi) is 4.38. The molecule has 1 unspecified atom stereocenters. The average molecular weight is 191 g/mol. The lowest BCUT2D eigenvalue weighted by Crippen LogP contribution is -2.24. The van der Waals surface area contributed by atoms with Crippen LogP contribution in [0.2, 0.25) is 0 Å². The van der Waals surface area contributed by atoms with Crippen molar-refractivity contribution in [1.82, 2.24) is 0 Å². The van der Waals surface area contributed by atoms with Crippen molar-refractivity contribution in [2.45, 2.75) is 57.6 Å². The lowest BCUT2D eigenvalue weighted by Gasteiger charge is -2.26. The van der Waals surface area contributed by atoms with E-state index in [1.165, 1.54) is 32.1 Å². The summed E-state index contributed by atoms with van der Waals surface area (Å²) in [5.74, 6) is 0.425. The van der Waals surface area contributed by atoms with Crippen molar-refractivity contribution >= 4 is 11.6 Å². The highest BCUT2D eigenvalue weighted by Gasteiger charge is 2.19. The van der Waals surface area contributed by atoms with Crippen LogP contribution >= 0.6 is 11.6 Å². The fraction of sp³-hybridized carbons (Fsp3) is 1.00. The van der Waals surface area contributed by atoms with Crippen LogP contribution in [0.25, 0.3) is 0 Å². The van der Waals surface area contributed by atoms with Gasteiger partial charge in [-0.15, -0.1) is 0 Å². The van der Waals surface area contributed by atoms with Crippen molar-refractivity contribution in [2.24, 2.45) is 5.92 Å². The second-order valence-electron chi connectivity index (χ2n) is 3.99. The summed E-state index contributed by atoms with van der Waals surface area (Å²) < 4.78 is 5.72. The summed E-state index contributed by atoms with van der Waals surface area (Å²) in [5, 5.41) is 0. The molecule has 1 fully saturated rings. The first-order valence-corrected chi connectivity index (χ1v) is 5.43. The minimum absolute atomic E-state index is 0.0897. The molecule has 1 rings (SSSR count). The highest BCUT2D eigenvalue weighted by Crippen LogP contribution is 2.24. The first-order chi connectivity index (χ1) is 5.70. The summed E-state index contributed by atoms with van der Waals surface area (Å²) in [7, 11) is 0. The summed E-state index contributed by atoms with van der Waals surface area (Å²) >= 11 is 6.03. The minimum Gasteiger partial charge on any atom is -0.359 e. The van der Waals surface area contributed by atoms with Crippen LogP contribution < -0.4 is 0 Å². The van der Waals surface area contributed by atoms with Crippen molar-refractivity contribution in [1.29, 1.82) is 0 Å². The van der Waals surface area contributed by atoms with Gasteiger partial charge < -0.3 is 4.74 Å². The largest absolute Gasteiger partial charge is 0.359 e. The lowest BCUT2D eigenvalue weighted by atomic mass is 9.98. The minimum atomic E-state index is -0.0897. The van der Waals surface area contributed by atoms with Crippen LogP contribution in [0.15, 0.2) is 0 Å². The van der Waals surface area contributed by atoms with Crippen LogP contribution in [0.1, 0.15) is 46.0 Å². The van der Waals surface area contributed by atoms with Gasteiger partial charge in [0.25, 0.3) is 0 Å². The zero-order chi connectivity index (χ0) is 8.97. The van der Waals surface area contributed by atoms with E-state index >= 15 is 0 Å². The van der Waals surface area contributed by atoms with Gasteiger partial charge in [-0.05, 0) is 18.8 Å². The van der Waals surface area contributed by atoms with Crippen molar-refractivity contribution in [3.8, 4) is 0 Å². The molecule has 12 heavy (non-hydrogen) atoms. The van der Waals surface area contributed by atoms with E-state index in [4.69, 9.17) is 16.3 Å². The maximum atomic E-state index is 6.03. The molecule has 0 heterocycles. The van der Waals surface area contributed by atoms with Gasteiger partial charge in [0.1, 0.15) is 5.56 Å². The highest BCUT2D eigenvalue weighted by molar-refractivity contribution is 6.19. The van der Waals surface area contributed by atoms with Gasteiger partial charge in [-0.3, -0.25) is 0 Å². The zero-order valence-corrected chi connectivity index (χ0v) is 8.81. The van der Waals surface area contributed by atoms with E-state index in [0.717, 1.165) is 0 Å². The molecule has 1 nitrogen and oxygen atoms in total. The fourth-order valence-corrected chi connectivity index (χ4v) is 1.69. The molecule has 0 radical (unpaired) electrons. The first-order valence-electron chi connectivity index (χ1n) is 4.99. The van der Waals surface area contributed by atoms with Gasteiger partial charge in [0.15, 0.2) is 0 Å². The highest BCUT2D eigenvalue weighted by atomic mass is 35.5. The molecular formula is C10H19ClO. The Hall–Kier alpha value is 0.250. The number of rotatable bonds is 3. The molecule has 0 aromatic rings. The molecule has 2 heteroatoms. The third kappa shape index (κ3) is 3.32. The molecule has 1 aliphatic rings. The molecule has 0 aromatic heterocycles. The van der Waals surface area contributed by atoms with E-state index in [9.17, 15) is 0 Å². The standard InChI is InChI=1S/C10H19ClO/c1-8(2)10(11)12-9-6-4-3-5-7-9/h8-10H,3-7H2,1-2H3. The van der Waals surface area contributed by atoms with Crippen LogP contribution in [-0.4, -0.2) is 11.7 Å². The Morgan fingerprint density at radius 3 is 2.25 bits per heavy atom. The van der Waals surface area contributed by atoms with E-state index in [1.807, 2.05) is 0 Å². The summed E-state index contributed by atoms with van der Waals surface area (Å²) in [5.41, 5.74) is -0.0897. The summed E-state index contributed by atoms with van der Waals surface area (Å²) in [6, 6.07) is 0. The Bertz CT molecular complexity index is 119. The van der Waals surface area contributed by atoms with Gasteiger partial charge >= 0.3 is 0 Å². The fourth-order valence-electron chi connectivity index (χ4n) is 1.54. The quantitative estimate of drug-likeness (QED) is 0.619. The number of hydrogen-bond acceptors (Lipinski definition) is 1. The van der Waals surface area contributed by atoms with Gasteiger partial charge in [-0.1, -0.05) is 44.7 Å². The molecule has 0 N–H and O–H groups in total. The number of ether oxygens (including phenoxy) is 1. The van der Waals surface area contributed by atoms with E-state index in [2.05, 4.69) is 13.8 Å². The molecule has 1 atom stereocenters. The lowest BCUT2D eigenvalue weighted by molar-refractivity contribution is -0.00943. The van der Waals surface area contributed by atoms with Crippen LogP contribution in [0.4, 0.5) is 0 Å². The van der Waals surface area contributed by atoms with E-state index in [1.54, 1.807) is 0 Å². The third-order valence-electron chi connectivity index (χ3n) is 2.40. The van der Waals surface area contributed by atoms with Crippen molar-refractivity contribution in [3.05, 3.63) is 0 Å². The monoisotopic (exact) mass is 190 g/mol. The second kappa shape index (κ2) is 5.08. The summed E-state index contributed by atoms with van der Waals surface area (Å²) in [6.45, 7) is 4.20. The Balaban J connectivity index is 2.20. The maximum Gasteiger partial charge on any atom is 0.133 e. The Morgan fingerprint density at radius 2 is 1.75 bits per heavy atom. The molecule has 0 aliphatic heterocycles. The number of hydrogen-bond donors (Lipinski definition) is 0. The normalized spacial score (nSPS) is 23.0. The topological polar surface area (TPSA) is 9.23 Å². The van der Waals surface area contributed by atoms with Crippen LogP contribution in [0.3, 0.4) is 0 Å². The average Bonchev–Trinajstić information content (AvgIpc) is 2.06. The SMILES string of the molecule is CC(C)C(Cl)OC1CCCCC1. The molecule has 72 valence electrons. The van der Waals surface area contributed by atoms with E-state index in [-0.39, 0.29) is 5.56 Å². The van der Waals surface area contributed by atoms with Gasteiger partial charge in [-0.25, -0.2) is 0 Å².